The second kappa shape index (κ2) is 9.92. The number of aryl methyl sites for hydroxylation is 3. The van der Waals surface area contributed by atoms with Gasteiger partial charge in [0.05, 0.1) is 19.4 Å². The van der Waals surface area contributed by atoms with Crippen molar-refractivity contribution in [1.29, 1.82) is 0 Å². The van der Waals surface area contributed by atoms with Crippen molar-refractivity contribution in [3.63, 3.8) is 0 Å². The van der Waals surface area contributed by atoms with Crippen LogP contribution in [0.15, 0.2) is 53.1 Å². The molecule has 2 N–H and O–H groups in total. The number of carbonyl (C=O) groups excluding carboxylic acids is 1. The molecule has 0 bridgehead atoms. The number of amides is 1. The maximum Gasteiger partial charge on any atom is 0.291 e. The molecule has 0 unspecified atom stereocenters. The third kappa shape index (κ3) is 4.79. The van der Waals surface area contributed by atoms with Crippen molar-refractivity contribution in [1.82, 2.24) is 9.97 Å². The lowest BCUT2D eigenvalue weighted by Crippen LogP contribution is -2.20. The lowest BCUT2D eigenvalue weighted by molar-refractivity contribution is 0.0997. The van der Waals surface area contributed by atoms with Gasteiger partial charge in [0.2, 0.25) is 5.95 Å². The van der Waals surface area contributed by atoms with Gasteiger partial charge in [-0.1, -0.05) is 18.2 Å². The number of nitrogens with one attached hydrogen (secondary N) is 2. The van der Waals surface area contributed by atoms with E-state index in [0.717, 1.165) is 58.9 Å². The average molecular weight is 489 g/mol. The molecule has 35 heavy (non-hydrogen) atoms. The zero-order valence-corrected chi connectivity index (χ0v) is 20.9. The summed E-state index contributed by atoms with van der Waals surface area (Å²) in [5.74, 6) is 1.31. The molecule has 180 valence electrons. The Balaban J connectivity index is 1.66. The van der Waals surface area contributed by atoms with E-state index in [0.29, 0.717) is 5.95 Å². The topological polar surface area (TPSA) is 89.3 Å². The van der Waals surface area contributed by atoms with Gasteiger partial charge in [-0.2, -0.15) is 0 Å². The van der Waals surface area contributed by atoms with Crippen molar-refractivity contribution in [2.24, 2.45) is 0 Å². The fourth-order valence-electron chi connectivity index (χ4n) is 4.69. The van der Waals surface area contributed by atoms with Crippen molar-refractivity contribution in [2.45, 2.75) is 45.6 Å². The number of benzene rings is 1. The fraction of sp³-hybridized carbons (Fsp3) is 0.296. The van der Waals surface area contributed by atoms with Crippen LogP contribution in [0.2, 0.25) is 0 Å². The lowest BCUT2D eigenvalue weighted by Gasteiger charge is -2.25. The first-order valence-corrected chi connectivity index (χ1v) is 12.6. The minimum absolute atomic E-state index is 0.267. The second-order valence-electron chi connectivity index (χ2n) is 8.68. The fourth-order valence-corrected chi connectivity index (χ4v) is 6.01. The number of hydrogen-bond acceptors (Lipinski definition) is 7. The molecule has 1 aliphatic carbocycles. The van der Waals surface area contributed by atoms with Gasteiger partial charge < -0.3 is 19.8 Å². The number of para-hydroxylation sites is 1. The van der Waals surface area contributed by atoms with E-state index < -0.39 is 0 Å². The van der Waals surface area contributed by atoms with Crippen molar-refractivity contribution in [2.75, 3.05) is 17.7 Å². The third-order valence-corrected chi connectivity index (χ3v) is 7.40. The summed E-state index contributed by atoms with van der Waals surface area (Å²) in [7, 11) is 1.67. The first kappa shape index (κ1) is 23.1. The number of carbonyl (C=O) groups is 1. The molecule has 0 saturated carbocycles. The van der Waals surface area contributed by atoms with Gasteiger partial charge >= 0.3 is 0 Å². The zero-order chi connectivity index (χ0) is 24.4. The van der Waals surface area contributed by atoms with E-state index >= 15 is 0 Å². The van der Waals surface area contributed by atoms with Crippen LogP contribution in [-0.2, 0) is 12.8 Å². The molecule has 5 rings (SSSR count). The van der Waals surface area contributed by atoms with E-state index in [2.05, 4.69) is 20.6 Å². The maximum absolute atomic E-state index is 13.0. The molecular formula is C27H28N4O3S. The van der Waals surface area contributed by atoms with E-state index in [4.69, 9.17) is 9.15 Å². The van der Waals surface area contributed by atoms with Gasteiger partial charge in [-0.25, -0.2) is 9.97 Å². The number of fused-ring (bicyclic) bond motifs is 1. The highest BCUT2D eigenvalue weighted by atomic mass is 32.1. The first-order valence-electron chi connectivity index (χ1n) is 11.7. The highest BCUT2D eigenvalue weighted by Gasteiger charge is 2.31. The van der Waals surface area contributed by atoms with Gasteiger partial charge in [0.1, 0.15) is 10.8 Å². The standard InChI is InChI=1S/C27H28N4O3S/c1-16-15-17(2)29-27(28-16)30-24(18-9-4-6-11-20(18)33-3)23-19-10-5-7-13-22(19)35-26(23)31-25(32)21-12-8-14-34-21/h4,6,8-9,11-12,14-15,24H,5,7,10,13H2,1-3H3,(H,31,32)(H,28,29,30)/t24-/m0/s1. The summed E-state index contributed by atoms with van der Waals surface area (Å²) in [5, 5.41) is 7.52. The van der Waals surface area contributed by atoms with E-state index in [-0.39, 0.29) is 17.7 Å². The number of aromatic nitrogens is 2. The van der Waals surface area contributed by atoms with E-state index in [9.17, 15) is 4.79 Å². The average Bonchev–Trinajstić information content (AvgIpc) is 3.50. The quantitative estimate of drug-likeness (QED) is 0.327. The summed E-state index contributed by atoms with van der Waals surface area (Å²) in [6, 6.07) is 13.0. The molecule has 0 saturated heterocycles. The van der Waals surface area contributed by atoms with Crippen LogP contribution >= 0.6 is 11.3 Å². The summed E-state index contributed by atoms with van der Waals surface area (Å²) in [5.41, 5.74) is 5.05. The number of anilines is 2. The Hall–Kier alpha value is -3.65. The summed E-state index contributed by atoms with van der Waals surface area (Å²) in [4.78, 5) is 23.6. The summed E-state index contributed by atoms with van der Waals surface area (Å²) in [6.07, 6.45) is 5.72. The third-order valence-electron chi connectivity index (χ3n) is 6.18. The summed E-state index contributed by atoms with van der Waals surface area (Å²) >= 11 is 1.65. The summed E-state index contributed by atoms with van der Waals surface area (Å²) in [6.45, 7) is 3.92. The summed E-state index contributed by atoms with van der Waals surface area (Å²) < 4.78 is 11.1. The lowest BCUT2D eigenvalue weighted by atomic mass is 9.89. The van der Waals surface area contributed by atoms with Crippen LogP contribution in [0.25, 0.3) is 0 Å². The number of hydrogen-bond donors (Lipinski definition) is 2. The van der Waals surface area contributed by atoms with Gasteiger partial charge in [-0.15, -0.1) is 11.3 Å². The SMILES string of the molecule is COc1ccccc1[C@H](Nc1nc(C)cc(C)n1)c1c(NC(=O)c2ccco2)sc2c1CCCC2. The molecule has 1 aromatic carbocycles. The van der Waals surface area contributed by atoms with E-state index in [1.165, 1.54) is 16.7 Å². The Morgan fingerprint density at radius 3 is 2.60 bits per heavy atom. The van der Waals surface area contributed by atoms with Crippen molar-refractivity contribution in [3.8, 4) is 5.75 Å². The van der Waals surface area contributed by atoms with Crippen LogP contribution in [0.1, 0.15) is 62.4 Å². The smallest absolute Gasteiger partial charge is 0.291 e. The number of nitrogens with zero attached hydrogens (tertiary/aromatic N) is 2. The Kier molecular flexibility index (Phi) is 6.55. The molecule has 1 atom stereocenters. The zero-order valence-electron chi connectivity index (χ0n) is 20.1. The molecule has 0 fully saturated rings. The number of ether oxygens (including phenoxy) is 1. The molecule has 3 aromatic heterocycles. The second-order valence-corrected chi connectivity index (χ2v) is 9.78. The predicted molar refractivity (Wildman–Crippen MR) is 138 cm³/mol. The van der Waals surface area contributed by atoms with Crippen LogP contribution in [0, 0.1) is 13.8 Å². The van der Waals surface area contributed by atoms with Crippen LogP contribution in [0.4, 0.5) is 10.9 Å². The minimum atomic E-state index is -0.322. The molecule has 0 spiro atoms. The van der Waals surface area contributed by atoms with Crippen molar-refractivity contribution >= 4 is 28.2 Å². The van der Waals surface area contributed by atoms with Gasteiger partial charge in [0, 0.05) is 27.4 Å². The highest BCUT2D eigenvalue weighted by molar-refractivity contribution is 7.16. The first-order chi connectivity index (χ1) is 17.0. The molecule has 3 heterocycles. The van der Waals surface area contributed by atoms with Crippen LogP contribution in [-0.4, -0.2) is 23.0 Å². The Labute approximate surface area is 208 Å². The van der Waals surface area contributed by atoms with Gasteiger partial charge in [-0.3, -0.25) is 4.79 Å². The van der Waals surface area contributed by atoms with E-state index in [1.807, 2.05) is 44.2 Å². The number of furan rings is 1. The van der Waals surface area contributed by atoms with Crippen LogP contribution in [0.5, 0.6) is 5.75 Å². The van der Waals surface area contributed by atoms with Gasteiger partial charge in [-0.05, 0) is 69.4 Å². The van der Waals surface area contributed by atoms with Crippen molar-refractivity contribution in [3.05, 3.63) is 87.4 Å². The molecule has 0 radical (unpaired) electrons. The molecule has 0 aliphatic heterocycles. The number of methoxy groups -OCH3 is 1. The van der Waals surface area contributed by atoms with Gasteiger partial charge in [0.25, 0.3) is 5.91 Å². The monoisotopic (exact) mass is 488 g/mol. The van der Waals surface area contributed by atoms with Crippen LogP contribution < -0.4 is 15.4 Å². The van der Waals surface area contributed by atoms with Crippen molar-refractivity contribution < 1.29 is 13.9 Å². The largest absolute Gasteiger partial charge is 0.496 e. The molecule has 1 amide bonds. The Bertz CT molecular complexity index is 1330. The Morgan fingerprint density at radius 2 is 1.86 bits per heavy atom. The normalized spacial score (nSPS) is 13.7. The number of rotatable bonds is 7. The molecule has 7 nitrogen and oxygen atoms in total. The molecule has 8 heteroatoms. The highest BCUT2D eigenvalue weighted by Crippen LogP contribution is 2.46. The molecule has 4 aromatic rings. The molecular weight excluding hydrogens is 460 g/mol. The predicted octanol–water partition coefficient (Wildman–Crippen LogP) is 6.09. The molecule has 1 aliphatic rings. The van der Waals surface area contributed by atoms with Crippen LogP contribution in [0.3, 0.4) is 0 Å². The maximum atomic E-state index is 13.0. The number of thiophene rings is 1. The van der Waals surface area contributed by atoms with E-state index in [1.54, 1.807) is 30.6 Å². The van der Waals surface area contributed by atoms with Gasteiger partial charge in [0.15, 0.2) is 5.76 Å². The minimum Gasteiger partial charge on any atom is -0.496 e. The Morgan fingerprint density at radius 1 is 1.09 bits per heavy atom.